The highest BCUT2D eigenvalue weighted by molar-refractivity contribution is 9.10. The van der Waals surface area contributed by atoms with Crippen LogP contribution < -0.4 is 9.64 Å². The molecule has 1 amide bonds. The van der Waals surface area contributed by atoms with Crippen molar-refractivity contribution in [2.75, 3.05) is 11.5 Å². The first-order chi connectivity index (χ1) is 13.6. The molecule has 3 nitrogen and oxygen atoms in total. The van der Waals surface area contributed by atoms with Gasteiger partial charge in [-0.15, -0.1) is 0 Å². The Kier molecular flexibility index (Phi) is 5.53. The maximum absolute atomic E-state index is 13.2. The number of fused-ring (bicyclic) bond motifs is 1. The predicted octanol–water partition coefficient (Wildman–Crippen LogP) is 6.41. The molecule has 0 spiro atoms. The Morgan fingerprint density at radius 1 is 1.14 bits per heavy atom. The standard InChI is InChI=1S/C22H16BrNO2S2/c1-2-26-19-11-10-16(23)12-15(19)13-20-21(25)24(22(27)28-20)18-9-5-7-14-6-3-4-8-17(14)18/h3-13H,2H2,1H3/b20-13-. The maximum Gasteiger partial charge on any atom is 0.270 e. The largest absolute Gasteiger partial charge is 0.493 e. The predicted molar refractivity (Wildman–Crippen MR) is 125 cm³/mol. The fourth-order valence-electron chi connectivity index (χ4n) is 3.14. The summed E-state index contributed by atoms with van der Waals surface area (Å²) in [6, 6.07) is 19.7. The van der Waals surface area contributed by atoms with E-state index >= 15 is 0 Å². The third-order valence-corrected chi connectivity index (χ3v) is 6.15. The SMILES string of the molecule is CCOc1ccc(Br)cc1/C=C1\SC(=S)N(c2cccc3ccccc23)C1=O. The smallest absolute Gasteiger partial charge is 0.270 e. The third kappa shape index (κ3) is 3.60. The van der Waals surface area contributed by atoms with Crippen molar-refractivity contribution in [1.29, 1.82) is 0 Å². The zero-order valence-corrected chi connectivity index (χ0v) is 18.2. The van der Waals surface area contributed by atoms with Crippen LogP contribution >= 0.6 is 39.9 Å². The van der Waals surface area contributed by atoms with Crippen LogP contribution in [0.5, 0.6) is 5.75 Å². The van der Waals surface area contributed by atoms with Gasteiger partial charge in [0.2, 0.25) is 0 Å². The minimum absolute atomic E-state index is 0.117. The van der Waals surface area contributed by atoms with Gasteiger partial charge in [0.15, 0.2) is 4.32 Å². The molecule has 1 aliphatic heterocycles. The van der Waals surface area contributed by atoms with Crippen molar-refractivity contribution in [3.8, 4) is 5.75 Å². The molecule has 0 N–H and O–H groups in total. The molecule has 1 heterocycles. The molecule has 3 aromatic rings. The lowest BCUT2D eigenvalue weighted by atomic mass is 10.1. The van der Waals surface area contributed by atoms with E-state index in [1.807, 2.05) is 73.7 Å². The molecule has 0 unspecified atom stereocenters. The summed E-state index contributed by atoms with van der Waals surface area (Å²) >= 11 is 10.3. The molecule has 140 valence electrons. The van der Waals surface area contributed by atoms with Gasteiger partial charge in [0.25, 0.3) is 5.91 Å². The summed E-state index contributed by atoms with van der Waals surface area (Å²) in [4.78, 5) is 15.4. The zero-order chi connectivity index (χ0) is 19.7. The fraction of sp³-hybridized carbons (Fsp3) is 0.0909. The van der Waals surface area contributed by atoms with Gasteiger partial charge in [-0.1, -0.05) is 76.3 Å². The van der Waals surface area contributed by atoms with Gasteiger partial charge in [0.1, 0.15) is 5.75 Å². The first-order valence-corrected chi connectivity index (χ1v) is 10.8. The van der Waals surface area contributed by atoms with E-state index in [-0.39, 0.29) is 5.91 Å². The summed E-state index contributed by atoms with van der Waals surface area (Å²) in [5.41, 5.74) is 1.65. The van der Waals surface area contributed by atoms with Crippen molar-refractivity contribution < 1.29 is 9.53 Å². The molecule has 1 fully saturated rings. The number of hydrogen-bond donors (Lipinski definition) is 0. The van der Waals surface area contributed by atoms with Gasteiger partial charge in [-0.3, -0.25) is 9.69 Å². The number of carbonyl (C=O) groups is 1. The van der Waals surface area contributed by atoms with Gasteiger partial charge in [0, 0.05) is 15.4 Å². The molecular weight excluding hydrogens is 454 g/mol. The number of halogens is 1. The van der Waals surface area contributed by atoms with Crippen LogP contribution in [0.3, 0.4) is 0 Å². The lowest BCUT2D eigenvalue weighted by Gasteiger charge is -2.17. The lowest BCUT2D eigenvalue weighted by Crippen LogP contribution is -2.27. The highest BCUT2D eigenvalue weighted by Gasteiger charge is 2.34. The molecular formula is C22H16BrNO2S2. The second-order valence-corrected chi connectivity index (χ2v) is 8.72. The molecule has 0 atom stereocenters. The quantitative estimate of drug-likeness (QED) is 0.326. The van der Waals surface area contributed by atoms with Crippen LogP contribution in [0, 0.1) is 0 Å². The zero-order valence-electron chi connectivity index (χ0n) is 15.0. The summed E-state index contributed by atoms with van der Waals surface area (Å²) in [7, 11) is 0. The van der Waals surface area contributed by atoms with Crippen LogP contribution in [0.15, 0.2) is 70.0 Å². The van der Waals surface area contributed by atoms with Crippen molar-refractivity contribution >= 4 is 72.7 Å². The number of anilines is 1. The van der Waals surface area contributed by atoms with Crippen molar-refractivity contribution in [3.63, 3.8) is 0 Å². The molecule has 0 bridgehead atoms. The first kappa shape index (κ1) is 19.2. The van der Waals surface area contributed by atoms with E-state index in [2.05, 4.69) is 15.9 Å². The Morgan fingerprint density at radius 2 is 1.93 bits per heavy atom. The molecule has 0 radical (unpaired) electrons. The topological polar surface area (TPSA) is 29.5 Å². The van der Waals surface area contributed by atoms with Gasteiger partial charge in [-0.05, 0) is 42.7 Å². The third-order valence-electron chi connectivity index (χ3n) is 4.36. The molecule has 1 saturated heterocycles. The van der Waals surface area contributed by atoms with E-state index in [1.165, 1.54) is 11.8 Å². The van der Waals surface area contributed by atoms with Crippen molar-refractivity contribution in [1.82, 2.24) is 0 Å². The van der Waals surface area contributed by atoms with E-state index in [1.54, 1.807) is 4.90 Å². The number of carbonyl (C=O) groups excluding carboxylic acids is 1. The van der Waals surface area contributed by atoms with Crippen LogP contribution in [0.4, 0.5) is 5.69 Å². The van der Waals surface area contributed by atoms with Crippen molar-refractivity contribution in [2.24, 2.45) is 0 Å². The van der Waals surface area contributed by atoms with Gasteiger partial charge in [-0.25, -0.2) is 0 Å². The summed E-state index contributed by atoms with van der Waals surface area (Å²) in [6.45, 7) is 2.49. The van der Waals surface area contributed by atoms with Crippen LogP contribution in [0.1, 0.15) is 12.5 Å². The van der Waals surface area contributed by atoms with Crippen molar-refractivity contribution in [3.05, 3.63) is 75.6 Å². The first-order valence-electron chi connectivity index (χ1n) is 8.76. The second-order valence-electron chi connectivity index (χ2n) is 6.13. The highest BCUT2D eigenvalue weighted by Crippen LogP contribution is 2.39. The number of nitrogens with zero attached hydrogens (tertiary/aromatic N) is 1. The number of rotatable bonds is 4. The molecule has 3 aromatic carbocycles. The highest BCUT2D eigenvalue weighted by atomic mass is 79.9. The van der Waals surface area contributed by atoms with Crippen molar-refractivity contribution in [2.45, 2.75) is 6.92 Å². The molecule has 28 heavy (non-hydrogen) atoms. The Bertz CT molecular complexity index is 1120. The summed E-state index contributed by atoms with van der Waals surface area (Å²) < 4.78 is 7.15. The van der Waals surface area contributed by atoms with Gasteiger partial charge in [0.05, 0.1) is 17.2 Å². The fourth-order valence-corrected chi connectivity index (χ4v) is 4.79. The van der Waals surface area contributed by atoms with Gasteiger partial charge in [-0.2, -0.15) is 0 Å². The summed E-state index contributed by atoms with van der Waals surface area (Å²) in [5.74, 6) is 0.620. The molecule has 6 heteroatoms. The van der Waals surface area contributed by atoms with E-state index in [0.29, 0.717) is 15.8 Å². The summed E-state index contributed by atoms with van der Waals surface area (Å²) in [5, 5.41) is 2.07. The lowest BCUT2D eigenvalue weighted by molar-refractivity contribution is -0.113. The number of hydrogen-bond acceptors (Lipinski definition) is 4. The van der Waals surface area contributed by atoms with Crippen LogP contribution in [0.2, 0.25) is 0 Å². The van der Waals surface area contributed by atoms with E-state index < -0.39 is 0 Å². The molecule has 0 aromatic heterocycles. The second kappa shape index (κ2) is 8.07. The normalized spacial score (nSPS) is 15.6. The summed E-state index contributed by atoms with van der Waals surface area (Å²) in [6.07, 6.45) is 1.85. The molecule has 4 rings (SSSR count). The molecule has 1 aliphatic rings. The molecule has 0 aliphatic carbocycles. The Hall–Kier alpha value is -2.15. The Morgan fingerprint density at radius 3 is 2.75 bits per heavy atom. The van der Waals surface area contributed by atoms with E-state index in [9.17, 15) is 4.79 Å². The van der Waals surface area contributed by atoms with Crippen LogP contribution in [0.25, 0.3) is 16.8 Å². The average Bonchev–Trinajstić information content (AvgIpc) is 2.97. The number of ether oxygens (including phenoxy) is 1. The van der Waals surface area contributed by atoms with E-state index in [4.69, 9.17) is 17.0 Å². The number of thiocarbonyl (C=S) groups is 1. The number of amides is 1. The van der Waals surface area contributed by atoms with Gasteiger partial charge < -0.3 is 4.74 Å². The maximum atomic E-state index is 13.2. The minimum atomic E-state index is -0.117. The number of thioether (sulfide) groups is 1. The van der Waals surface area contributed by atoms with Gasteiger partial charge >= 0.3 is 0 Å². The Labute approximate surface area is 181 Å². The van der Waals surface area contributed by atoms with Crippen LogP contribution in [-0.2, 0) is 4.79 Å². The van der Waals surface area contributed by atoms with E-state index in [0.717, 1.165) is 32.2 Å². The monoisotopic (exact) mass is 469 g/mol. The Balaban J connectivity index is 1.76. The van der Waals surface area contributed by atoms with Crippen LogP contribution in [-0.4, -0.2) is 16.8 Å². The minimum Gasteiger partial charge on any atom is -0.493 e. The molecule has 0 saturated carbocycles. The number of benzene rings is 3. The average molecular weight is 470 g/mol.